The van der Waals surface area contributed by atoms with Crippen LogP contribution in [-0.2, 0) is 0 Å². The summed E-state index contributed by atoms with van der Waals surface area (Å²) >= 11 is 0. The summed E-state index contributed by atoms with van der Waals surface area (Å²) in [5.41, 5.74) is 11.0. The molecule has 0 atom stereocenters. The maximum absolute atomic E-state index is 2.37. The zero-order valence-corrected chi connectivity index (χ0v) is 21.9. The van der Waals surface area contributed by atoms with Gasteiger partial charge in [0.1, 0.15) is 0 Å². The molecule has 0 aliphatic rings. The highest BCUT2D eigenvalue weighted by molar-refractivity contribution is 6.09. The second-order valence-corrected chi connectivity index (χ2v) is 9.64. The molecule has 0 saturated heterocycles. The van der Waals surface area contributed by atoms with Crippen molar-refractivity contribution in [1.29, 1.82) is 0 Å². The largest absolute Gasteiger partial charge is 0.309 e. The highest BCUT2D eigenvalue weighted by Gasteiger charge is 2.12. The highest BCUT2D eigenvalue weighted by Crippen LogP contribution is 2.34. The standard InChI is InChI=1S/C37H31N/c1-3-5-13-27(4-2)30-24-31(28-14-7-6-8-15-28)26-32(25-30)29-20-22-33(23-21-29)38-36-18-11-9-16-34(36)35-17-10-12-19-37(35)38/h4-26H,3H2,1-2H3/b13-5-,27-4+. The number of nitrogens with zero attached hydrogens (tertiary/aromatic N) is 1. The maximum atomic E-state index is 2.37. The Kier molecular flexibility index (Phi) is 6.50. The first-order valence-electron chi connectivity index (χ1n) is 13.4. The monoisotopic (exact) mass is 489 g/mol. The predicted molar refractivity (Wildman–Crippen MR) is 165 cm³/mol. The molecule has 184 valence electrons. The summed E-state index contributed by atoms with van der Waals surface area (Å²) in [5, 5.41) is 2.57. The Morgan fingerprint density at radius 1 is 0.605 bits per heavy atom. The molecule has 0 unspecified atom stereocenters. The van der Waals surface area contributed by atoms with Crippen molar-refractivity contribution in [3.63, 3.8) is 0 Å². The quantitative estimate of drug-likeness (QED) is 0.205. The van der Waals surface area contributed by atoms with E-state index in [2.05, 4.69) is 158 Å². The van der Waals surface area contributed by atoms with Gasteiger partial charge >= 0.3 is 0 Å². The van der Waals surface area contributed by atoms with Gasteiger partial charge in [-0.05, 0) is 89.2 Å². The first-order chi connectivity index (χ1) is 18.8. The molecule has 38 heavy (non-hydrogen) atoms. The number of rotatable bonds is 6. The molecule has 0 bridgehead atoms. The first-order valence-corrected chi connectivity index (χ1v) is 13.4. The number of hydrogen-bond acceptors (Lipinski definition) is 0. The Hall–Kier alpha value is -4.62. The van der Waals surface area contributed by atoms with Crippen molar-refractivity contribution in [3.8, 4) is 27.9 Å². The topological polar surface area (TPSA) is 4.93 Å². The molecular weight excluding hydrogens is 458 g/mol. The van der Waals surface area contributed by atoms with Crippen molar-refractivity contribution in [2.45, 2.75) is 20.3 Å². The van der Waals surface area contributed by atoms with Crippen LogP contribution in [0.4, 0.5) is 0 Å². The van der Waals surface area contributed by atoms with Gasteiger partial charge in [-0.2, -0.15) is 0 Å². The highest BCUT2D eigenvalue weighted by atomic mass is 15.0. The van der Waals surface area contributed by atoms with E-state index < -0.39 is 0 Å². The Labute approximate surface area is 225 Å². The number of benzene rings is 5. The van der Waals surface area contributed by atoms with Crippen LogP contribution < -0.4 is 0 Å². The van der Waals surface area contributed by atoms with Gasteiger partial charge < -0.3 is 4.57 Å². The van der Waals surface area contributed by atoms with Crippen LogP contribution in [0.3, 0.4) is 0 Å². The predicted octanol–water partition coefficient (Wildman–Crippen LogP) is 10.5. The third kappa shape index (κ3) is 4.37. The summed E-state index contributed by atoms with van der Waals surface area (Å²) in [6.07, 6.45) is 7.68. The van der Waals surface area contributed by atoms with Crippen LogP contribution in [0.5, 0.6) is 0 Å². The van der Waals surface area contributed by atoms with Crippen LogP contribution in [0.1, 0.15) is 25.8 Å². The minimum atomic E-state index is 1.02. The van der Waals surface area contributed by atoms with Gasteiger partial charge in [0.2, 0.25) is 0 Å². The van der Waals surface area contributed by atoms with Gasteiger partial charge in [0, 0.05) is 16.5 Å². The summed E-state index contributed by atoms with van der Waals surface area (Å²) < 4.78 is 2.37. The van der Waals surface area contributed by atoms with Gasteiger partial charge in [0.05, 0.1) is 11.0 Å². The fourth-order valence-corrected chi connectivity index (χ4v) is 5.37. The van der Waals surface area contributed by atoms with Crippen LogP contribution >= 0.6 is 0 Å². The zero-order valence-electron chi connectivity index (χ0n) is 21.9. The summed E-state index contributed by atoms with van der Waals surface area (Å²) in [4.78, 5) is 0. The molecular formula is C37H31N. The third-order valence-corrected chi connectivity index (χ3v) is 7.26. The van der Waals surface area contributed by atoms with Crippen LogP contribution in [0.2, 0.25) is 0 Å². The van der Waals surface area contributed by atoms with E-state index in [1.165, 1.54) is 60.9 Å². The van der Waals surface area contributed by atoms with Crippen LogP contribution in [0.15, 0.2) is 140 Å². The van der Waals surface area contributed by atoms with Crippen molar-refractivity contribution in [3.05, 3.63) is 145 Å². The van der Waals surface area contributed by atoms with E-state index in [4.69, 9.17) is 0 Å². The summed E-state index contributed by atoms with van der Waals surface area (Å²) in [7, 11) is 0. The lowest BCUT2D eigenvalue weighted by Crippen LogP contribution is -1.94. The molecule has 0 radical (unpaired) electrons. The van der Waals surface area contributed by atoms with E-state index >= 15 is 0 Å². The smallest absolute Gasteiger partial charge is 0.0541 e. The van der Waals surface area contributed by atoms with Gasteiger partial charge in [-0.3, -0.25) is 0 Å². The minimum Gasteiger partial charge on any atom is -0.309 e. The maximum Gasteiger partial charge on any atom is 0.0541 e. The molecule has 1 heteroatoms. The lowest BCUT2D eigenvalue weighted by Gasteiger charge is -2.13. The molecule has 0 aliphatic carbocycles. The molecule has 0 N–H and O–H groups in total. The van der Waals surface area contributed by atoms with Crippen LogP contribution in [-0.4, -0.2) is 4.57 Å². The van der Waals surface area contributed by atoms with E-state index in [1.54, 1.807) is 0 Å². The van der Waals surface area contributed by atoms with Crippen molar-refractivity contribution in [2.75, 3.05) is 0 Å². The zero-order chi connectivity index (χ0) is 25.9. The average molecular weight is 490 g/mol. The number of aromatic nitrogens is 1. The van der Waals surface area contributed by atoms with Gasteiger partial charge in [-0.25, -0.2) is 0 Å². The van der Waals surface area contributed by atoms with E-state index in [1.807, 2.05) is 0 Å². The molecule has 6 rings (SSSR count). The number of allylic oxidation sites excluding steroid dienone is 4. The number of para-hydroxylation sites is 2. The molecule has 0 amide bonds. The third-order valence-electron chi connectivity index (χ3n) is 7.26. The summed E-state index contributed by atoms with van der Waals surface area (Å²) in [6.45, 7) is 4.29. The fourth-order valence-electron chi connectivity index (χ4n) is 5.37. The van der Waals surface area contributed by atoms with Gasteiger partial charge in [0.15, 0.2) is 0 Å². The molecule has 0 aliphatic heterocycles. The lowest BCUT2D eigenvalue weighted by atomic mass is 9.93. The van der Waals surface area contributed by atoms with Crippen LogP contribution in [0, 0.1) is 0 Å². The molecule has 5 aromatic carbocycles. The Morgan fingerprint density at radius 2 is 1.16 bits per heavy atom. The van der Waals surface area contributed by atoms with Crippen molar-refractivity contribution in [1.82, 2.24) is 4.57 Å². The van der Waals surface area contributed by atoms with Gasteiger partial charge in [0.25, 0.3) is 0 Å². The van der Waals surface area contributed by atoms with Gasteiger partial charge in [-0.1, -0.05) is 104 Å². The molecule has 1 aromatic heterocycles. The normalized spacial score (nSPS) is 12.1. The Balaban J connectivity index is 1.47. The molecule has 0 saturated carbocycles. The van der Waals surface area contributed by atoms with E-state index in [0.29, 0.717) is 0 Å². The van der Waals surface area contributed by atoms with Crippen molar-refractivity contribution < 1.29 is 0 Å². The second kappa shape index (κ2) is 10.4. The summed E-state index contributed by atoms with van der Waals surface area (Å²) in [6, 6.07) is 43.9. The molecule has 1 nitrogen and oxygen atoms in total. The second-order valence-electron chi connectivity index (χ2n) is 9.64. The van der Waals surface area contributed by atoms with E-state index in [-0.39, 0.29) is 0 Å². The Morgan fingerprint density at radius 3 is 1.74 bits per heavy atom. The molecule has 1 heterocycles. The summed E-state index contributed by atoms with van der Waals surface area (Å²) in [5.74, 6) is 0. The van der Waals surface area contributed by atoms with Crippen molar-refractivity contribution in [2.24, 2.45) is 0 Å². The van der Waals surface area contributed by atoms with E-state index in [0.717, 1.165) is 6.42 Å². The SMILES string of the molecule is C/C=C(\C=C/CC)c1cc(-c2ccccc2)cc(-c2ccc(-n3c4ccccc4c4ccccc43)cc2)c1. The Bertz CT molecular complexity index is 1730. The average Bonchev–Trinajstić information content (AvgIpc) is 3.32. The van der Waals surface area contributed by atoms with Crippen LogP contribution in [0.25, 0.3) is 55.3 Å². The molecule has 0 fully saturated rings. The van der Waals surface area contributed by atoms with Crippen molar-refractivity contribution >= 4 is 27.4 Å². The number of fused-ring (bicyclic) bond motifs is 3. The fraction of sp³-hybridized carbons (Fsp3) is 0.0811. The minimum absolute atomic E-state index is 1.02. The van der Waals surface area contributed by atoms with Gasteiger partial charge in [-0.15, -0.1) is 0 Å². The first kappa shape index (κ1) is 23.8. The number of hydrogen-bond donors (Lipinski definition) is 0. The molecule has 0 spiro atoms. The van der Waals surface area contributed by atoms with E-state index in [9.17, 15) is 0 Å². The molecule has 6 aromatic rings. The lowest BCUT2D eigenvalue weighted by molar-refractivity contribution is 1.18.